The van der Waals surface area contributed by atoms with E-state index < -0.39 is 6.10 Å². The van der Waals surface area contributed by atoms with Gasteiger partial charge in [0.05, 0.1) is 6.10 Å². The predicted octanol–water partition coefficient (Wildman–Crippen LogP) is 1.30. The second-order valence-corrected chi connectivity index (χ2v) is 3.55. The van der Waals surface area contributed by atoms with Crippen molar-refractivity contribution in [2.45, 2.75) is 12.5 Å². The molecule has 0 aliphatic carbocycles. The Balaban J connectivity index is 2.49. The molecule has 1 aromatic rings. The van der Waals surface area contributed by atoms with Crippen LogP contribution in [0.2, 0.25) is 0 Å². The van der Waals surface area contributed by atoms with Gasteiger partial charge in [-0.05, 0) is 30.7 Å². The summed E-state index contributed by atoms with van der Waals surface area (Å²) >= 11 is 0. The zero-order chi connectivity index (χ0) is 12.0. The molecule has 16 heavy (non-hydrogen) atoms. The number of nitrogens with one attached hydrogen (secondary N) is 1. The molecule has 0 heterocycles. The molecule has 4 N–H and O–H groups in total. The summed E-state index contributed by atoms with van der Waals surface area (Å²) in [5, 5.41) is 31.2. The van der Waals surface area contributed by atoms with Crippen molar-refractivity contribution in [3.05, 3.63) is 36.4 Å². The first kappa shape index (κ1) is 12.5. The SMILES string of the molecule is C=CCCNCC(O)c1ccc(O)c(O)c1. The summed E-state index contributed by atoms with van der Waals surface area (Å²) in [6.45, 7) is 4.75. The highest BCUT2D eigenvalue weighted by molar-refractivity contribution is 5.41. The molecule has 4 heteroatoms. The fraction of sp³-hybridized carbons (Fsp3) is 0.333. The van der Waals surface area contributed by atoms with Crippen LogP contribution in [0.4, 0.5) is 0 Å². The van der Waals surface area contributed by atoms with Crippen molar-refractivity contribution in [1.82, 2.24) is 5.32 Å². The van der Waals surface area contributed by atoms with E-state index in [-0.39, 0.29) is 11.5 Å². The number of aliphatic hydroxyl groups is 1. The predicted molar refractivity (Wildman–Crippen MR) is 62.4 cm³/mol. The van der Waals surface area contributed by atoms with Crippen molar-refractivity contribution in [1.29, 1.82) is 0 Å². The van der Waals surface area contributed by atoms with Gasteiger partial charge in [0.15, 0.2) is 11.5 Å². The van der Waals surface area contributed by atoms with Crippen molar-refractivity contribution in [2.75, 3.05) is 13.1 Å². The molecule has 0 bridgehead atoms. The van der Waals surface area contributed by atoms with Gasteiger partial charge >= 0.3 is 0 Å². The molecule has 0 fully saturated rings. The van der Waals surface area contributed by atoms with E-state index in [9.17, 15) is 10.2 Å². The monoisotopic (exact) mass is 223 g/mol. The van der Waals surface area contributed by atoms with Crippen LogP contribution >= 0.6 is 0 Å². The van der Waals surface area contributed by atoms with E-state index >= 15 is 0 Å². The average Bonchev–Trinajstić information content (AvgIpc) is 2.28. The number of aromatic hydroxyl groups is 2. The summed E-state index contributed by atoms with van der Waals surface area (Å²) in [5.74, 6) is -0.404. The molecule has 0 radical (unpaired) electrons. The molecule has 0 saturated carbocycles. The molecule has 0 saturated heterocycles. The minimum absolute atomic E-state index is 0.185. The lowest BCUT2D eigenvalue weighted by Crippen LogP contribution is -2.22. The fourth-order valence-electron chi connectivity index (χ4n) is 1.31. The zero-order valence-corrected chi connectivity index (χ0v) is 9.06. The lowest BCUT2D eigenvalue weighted by Gasteiger charge is -2.12. The van der Waals surface area contributed by atoms with Gasteiger partial charge in [-0.2, -0.15) is 0 Å². The molecule has 1 atom stereocenters. The molecule has 0 aromatic heterocycles. The normalized spacial score (nSPS) is 12.3. The Labute approximate surface area is 94.9 Å². The number of hydrogen-bond acceptors (Lipinski definition) is 4. The van der Waals surface area contributed by atoms with E-state index in [0.29, 0.717) is 12.1 Å². The standard InChI is InChI=1S/C12H17NO3/c1-2-3-6-13-8-12(16)9-4-5-10(14)11(15)7-9/h2,4-5,7,12-16H,1,3,6,8H2. The van der Waals surface area contributed by atoms with Crippen LogP contribution in [-0.2, 0) is 0 Å². The van der Waals surface area contributed by atoms with Crippen LogP contribution in [-0.4, -0.2) is 28.4 Å². The highest BCUT2D eigenvalue weighted by atomic mass is 16.3. The number of phenols is 2. The highest BCUT2D eigenvalue weighted by Crippen LogP contribution is 2.27. The molecule has 4 nitrogen and oxygen atoms in total. The number of hydrogen-bond donors (Lipinski definition) is 4. The van der Waals surface area contributed by atoms with Crippen molar-refractivity contribution in [3.8, 4) is 11.5 Å². The average molecular weight is 223 g/mol. The summed E-state index contributed by atoms with van der Waals surface area (Å²) < 4.78 is 0. The molecule has 1 rings (SSSR count). The van der Waals surface area contributed by atoms with Crippen molar-refractivity contribution >= 4 is 0 Å². The van der Waals surface area contributed by atoms with Gasteiger partial charge in [-0.3, -0.25) is 0 Å². The van der Waals surface area contributed by atoms with Gasteiger partial charge in [-0.1, -0.05) is 12.1 Å². The molecular formula is C12H17NO3. The lowest BCUT2D eigenvalue weighted by molar-refractivity contribution is 0.174. The van der Waals surface area contributed by atoms with Crippen LogP contribution in [0.3, 0.4) is 0 Å². The minimum Gasteiger partial charge on any atom is -0.504 e. The number of aliphatic hydroxyl groups excluding tert-OH is 1. The Morgan fingerprint density at radius 2 is 2.06 bits per heavy atom. The maximum atomic E-state index is 9.75. The molecule has 0 amide bonds. The second-order valence-electron chi connectivity index (χ2n) is 3.55. The van der Waals surface area contributed by atoms with Crippen LogP contribution in [0.15, 0.2) is 30.9 Å². The fourth-order valence-corrected chi connectivity index (χ4v) is 1.31. The third kappa shape index (κ3) is 3.56. The summed E-state index contributed by atoms with van der Waals surface area (Å²) in [5.41, 5.74) is 0.571. The summed E-state index contributed by atoms with van der Waals surface area (Å²) in [4.78, 5) is 0. The molecular weight excluding hydrogens is 206 g/mol. The van der Waals surface area contributed by atoms with E-state index in [2.05, 4.69) is 11.9 Å². The largest absolute Gasteiger partial charge is 0.504 e. The van der Waals surface area contributed by atoms with Gasteiger partial charge in [0.1, 0.15) is 0 Å². The van der Waals surface area contributed by atoms with Gasteiger partial charge in [0, 0.05) is 6.54 Å². The van der Waals surface area contributed by atoms with Crippen LogP contribution in [0, 0.1) is 0 Å². The van der Waals surface area contributed by atoms with Crippen molar-refractivity contribution in [2.24, 2.45) is 0 Å². The van der Waals surface area contributed by atoms with Crippen LogP contribution < -0.4 is 5.32 Å². The third-order valence-corrected chi connectivity index (χ3v) is 2.25. The quantitative estimate of drug-likeness (QED) is 0.333. The van der Waals surface area contributed by atoms with Crippen LogP contribution in [0.25, 0.3) is 0 Å². The Kier molecular flexibility index (Phi) is 4.82. The minimum atomic E-state index is -0.698. The maximum Gasteiger partial charge on any atom is 0.157 e. The highest BCUT2D eigenvalue weighted by Gasteiger charge is 2.09. The Bertz CT molecular complexity index is 352. The zero-order valence-electron chi connectivity index (χ0n) is 9.06. The smallest absolute Gasteiger partial charge is 0.157 e. The van der Waals surface area contributed by atoms with Gasteiger partial charge in [-0.25, -0.2) is 0 Å². The first-order chi connectivity index (χ1) is 7.65. The Morgan fingerprint density at radius 3 is 2.69 bits per heavy atom. The van der Waals surface area contributed by atoms with Crippen LogP contribution in [0.5, 0.6) is 11.5 Å². The molecule has 1 unspecified atom stereocenters. The van der Waals surface area contributed by atoms with Crippen molar-refractivity contribution in [3.63, 3.8) is 0 Å². The third-order valence-electron chi connectivity index (χ3n) is 2.25. The number of rotatable bonds is 6. The number of benzene rings is 1. The molecule has 1 aromatic carbocycles. The van der Waals surface area contributed by atoms with E-state index in [0.717, 1.165) is 13.0 Å². The van der Waals surface area contributed by atoms with E-state index in [4.69, 9.17) is 5.11 Å². The van der Waals surface area contributed by atoms with Crippen LogP contribution in [0.1, 0.15) is 18.1 Å². The van der Waals surface area contributed by atoms with Gasteiger partial charge < -0.3 is 20.6 Å². The summed E-state index contributed by atoms with van der Waals surface area (Å²) in [7, 11) is 0. The summed E-state index contributed by atoms with van der Waals surface area (Å²) in [6, 6.07) is 4.29. The van der Waals surface area contributed by atoms with Gasteiger partial charge in [0.2, 0.25) is 0 Å². The Hall–Kier alpha value is -1.52. The van der Waals surface area contributed by atoms with Gasteiger partial charge in [0.25, 0.3) is 0 Å². The maximum absolute atomic E-state index is 9.75. The lowest BCUT2D eigenvalue weighted by atomic mass is 10.1. The molecule has 0 aliphatic heterocycles. The molecule has 0 spiro atoms. The van der Waals surface area contributed by atoms with E-state index in [1.165, 1.54) is 12.1 Å². The Morgan fingerprint density at radius 1 is 1.31 bits per heavy atom. The van der Waals surface area contributed by atoms with Gasteiger partial charge in [-0.15, -0.1) is 6.58 Å². The topological polar surface area (TPSA) is 72.7 Å². The molecule has 88 valence electrons. The second kappa shape index (κ2) is 6.15. The number of phenolic OH excluding ortho intramolecular Hbond substituents is 2. The summed E-state index contributed by atoms with van der Waals surface area (Å²) in [6.07, 6.45) is 1.94. The van der Waals surface area contributed by atoms with Crippen molar-refractivity contribution < 1.29 is 15.3 Å². The van der Waals surface area contributed by atoms with E-state index in [1.54, 1.807) is 12.1 Å². The first-order valence-electron chi connectivity index (χ1n) is 5.16. The van der Waals surface area contributed by atoms with E-state index in [1.807, 2.05) is 0 Å². The first-order valence-corrected chi connectivity index (χ1v) is 5.16. The molecule has 0 aliphatic rings.